The number of hydrogen-bond acceptors (Lipinski definition) is 5. The van der Waals surface area contributed by atoms with Crippen LogP contribution in [-0.4, -0.2) is 47.7 Å². The molecular weight excluding hydrogens is 264 g/mol. The summed E-state index contributed by atoms with van der Waals surface area (Å²) in [5, 5.41) is 3.32. The van der Waals surface area contributed by atoms with Crippen LogP contribution in [0.4, 0.5) is 5.95 Å². The van der Waals surface area contributed by atoms with Crippen molar-refractivity contribution in [2.45, 2.75) is 40.0 Å². The molecule has 2 heterocycles. The Hall–Kier alpha value is -1.36. The number of piperidine rings is 1. The van der Waals surface area contributed by atoms with Crippen LogP contribution in [0.5, 0.6) is 5.88 Å². The molecule has 1 saturated heterocycles. The zero-order valence-corrected chi connectivity index (χ0v) is 13.6. The van der Waals surface area contributed by atoms with Crippen LogP contribution in [-0.2, 0) is 0 Å². The summed E-state index contributed by atoms with van der Waals surface area (Å²) in [5.74, 6) is 2.22. The van der Waals surface area contributed by atoms with Crippen LogP contribution < -0.4 is 10.1 Å². The van der Waals surface area contributed by atoms with Crippen molar-refractivity contribution in [2.75, 3.05) is 38.1 Å². The molecule has 5 nitrogen and oxygen atoms in total. The second kappa shape index (κ2) is 8.17. The predicted molar refractivity (Wildman–Crippen MR) is 85.9 cm³/mol. The zero-order valence-electron chi connectivity index (χ0n) is 13.6. The SMILES string of the molecule is CCCOc1cc(C)nc(NCCN2CCC(C)CC2)n1. The van der Waals surface area contributed by atoms with Gasteiger partial charge >= 0.3 is 0 Å². The van der Waals surface area contributed by atoms with Gasteiger partial charge < -0.3 is 15.0 Å². The highest BCUT2D eigenvalue weighted by atomic mass is 16.5. The van der Waals surface area contributed by atoms with Crippen molar-refractivity contribution in [3.63, 3.8) is 0 Å². The molecule has 118 valence electrons. The van der Waals surface area contributed by atoms with Gasteiger partial charge in [-0.25, -0.2) is 4.98 Å². The third-order valence-electron chi connectivity index (χ3n) is 3.87. The second-order valence-electron chi connectivity index (χ2n) is 5.97. The van der Waals surface area contributed by atoms with Gasteiger partial charge in [-0.05, 0) is 45.2 Å². The lowest BCUT2D eigenvalue weighted by molar-refractivity contribution is 0.199. The number of nitrogens with zero attached hydrogens (tertiary/aromatic N) is 3. The third-order valence-corrected chi connectivity index (χ3v) is 3.87. The topological polar surface area (TPSA) is 50.3 Å². The largest absolute Gasteiger partial charge is 0.478 e. The summed E-state index contributed by atoms with van der Waals surface area (Å²) in [6, 6.07) is 1.88. The minimum absolute atomic E-state index is 0.665. The van der Waals surface area contributed by atoms with Crippen LogP contribution >= 0.6 is 0 Å². The first kappa shape index (κ1) is 16.0. The lowest BCUT2D eigenvalue weighted by atomic mass is 9.99. The van der Waals surface area contributed by atoms with Gasteiger partial charge in [0.1, 0.15) is 0 Å². The molecule has 0 bridgehead atoms. The fourth-order valence-electron chi connectivity index (χ4n) is 2.51. The first-order chi connectivity index (χ1) is 10.2. The van der Waals surface area contributed by atoms with E-state index in [2.05, 4.69) is 34.0 Å². The highest BCUT2D eigenvalue weighted by molar-refractivity contribution is 5.30. The number of hydrogen-bond donors (Lipinski definition) is 1. The van der Waals surface area contributed by atoms with Gasteiger partial charge in [0.25, 0.3) is 0 Å². The van der Waals surface area contributed by atoms with Gasteiger partial charge in [-0.1, -0.05) is 13.8 Å². The molecule has 1 aliphatic rings. The van der Waals surface area contributed by atoms with Crippen LogP contribution in [0.3, 0.4) is 0 Å². The van der Waals surface area contributed by atoms with Gasteiger partial charge in [-0.3, -0.25) is 0 Å². The predicted octanol–water partition coefficient (Wildman–Crippen LogP) is 2.72. The quantitative estimate of drug-likeness (QED) is 0.837. The molecule has 0 aliphatic carbocycles. The van der Waals surface area contributed by atoms with E-state index in [1.165, 1.54) is 25.9 Å². The summed E-state index contributed by atoms with van der Waals surface area (Å²) in [4.78, 5) is 11.3. The van der Waals surface area contributed by atoms with Crippen molar-refractivity contribution in [3.05, 3.63) is 11.8 Å². The molecular formula is C16H28N4O. The molecule has 0 aromatic carbocycles. The Morgan fingerprint density at radius 1 is 1.33 bits per heavy atom. The molecule has 0 spiro atoms. The lowest BCUT2D eigenvalue weighted by Crippen LogP contribution is -2.36. The number of likely N-dealkylation sites (tertiary alicyclic amines) is 1. The second-order valence-corrected chi connectivity index (χ2v) is 5.97. The smallest absolute Gasteiger partial charge is 0.226 e. The first-order valence-electron chi connectivity index (χ1n) is 8.12. The van der Waals surface area contributed by atoms with Crippen molar-refractivity contribution < 1.29 is 4.74 Å². The maximum Gasteiger partial charge on any atom is 0.226 e. The normalized spacial score (nSPS) is 16.9. The molecule has 0 saturated carbocycles. The summed E-state index contributed by atoms with van der Waals surface area (Å²) >= 11 is 0. The van der Waals surface area contributed by atoms with E-state index in [0.717, 1.165) is 31.1 Å². The van der Waals surface area contributed by atoms with Crippen molar-refractivity contribution in [1.29, 1.82) is 0 Å². The molecule has 1 aliphatic heterocycles. The highest BCUT2D eigenvalue weighted by Gasteiger charge is 2.15. The Labute approximate surface area is 128 Å². The van der Waals surface area contributed by atoms with E-state index < -0.39 is 0 Å². The maximum atomic E-state index is 5.58. The van der Waals surface area contributed by atoms with Gasteiger partial charge in [-0.15, -0.1) is 0 Å². The molecule has 1 aromatic heterocycles. The van der Waals surface area contributed by atoms with Gasteiger partial charge in [0, 0.05) is 24.8 Å². The van der Waals surface area contributed by atoms with E-state index in [9.17, 15) is 0 Å². The first-order valence-corrected chi connectivity index (χ1v) is 8.12. The zero-order chi connectivity index (χ0) is 15.1. The van der Waals surface area contributed by atoms with Gasteiger partial charge in [-0.2, -0.15) is 4.98 Å². The van der Waals surface area contributed by atoms with Crippen molar-refractivity contribution >= 4 is 5.95 Å². The van der Waals surface area contributed by atoms with Gasteiger partial charge in [0.05, 0.1) is 6.61 Å². The minimum Gasteiger partial charge on any atom is -0.478 e. The number of rotatable bonds is 7. The van der Waals surface area contributed by atoms with Crippen LogP contribution in [0.1, 0.15) is 38.8 Å². The molecule has 1 aromatic rings. The molecule has 2 rings (SSSR count). The van der Waals surface area contributed by atoms with Gasteiger partial charge in [0.15, 0.2) is 0 Å². The number of aryl methyl sites for hydroxylation is 1. The molecule has 0 unspecified atom stereocenters. The number of ether oxygens (including phenoxy) is 1. The van der Waals surface area contributed by atoms with E-state index in [-0.39, 0.29) is 0 Å². The van der Waals surface area contributed by atoms with Crippen LogP contribution in [0.2, 0.25) is 0 Å². The monoisotopic (exact) mass is 292 g/mol. The van der Waals surface area contributed by atoms with Crippen molar-refractivity contribution in [1.82, 2.24) is 14.9 Å². The Kier molecular flexibility index (Phi) is 6.23. The minimum atomic E-state index is 0.665. The summed E-state index contributed by atoms with van der Waals surface area (Å²) in [7, 11) is 0. The average Bonchev–Trinajstić information content (AvgIpc) is 2.47. The van der Waals surface area contributed by atoms with Crippen molar-refractivity contribution in [2.24, 2.45) is 5.92 Å². The van der Waals surface area contributed by atoms with E-state index in [0.29, 0.717) is 18.4 Å². The van der Waals surface area contributed by atoms with Gasteiger partial charge in [0.2, 0.25) is 11.8 Å². The fourth-order valence-corrected chi connectivity index (χ4v) is 2.51. The molecule has 0 amide bonds. The van der Waals surface area contributed by atoms with Crippen LogP contribution in [0, 0.1) is 12.8 Å². The van der Waals surface area contributed by atoms with E-state index >= 15 is 0 Å². The fraction of sp³-hybridized carbons (Fsp3) is 0.750. The molecule has 21 heavy (non-hydrogen) atoms. The summed E-state index contributed by atoms with van der Waals surface area (Å²) in [6.45, 7) is 11.4. The molecule has 0 radical (unpaired) electrons. The lowest BCUT2D eigenvalue weighted by Gasteiger charge is -2.30. The molecule has 5 heteroatoms. The van der Waals surface area contributed by atoms with Crippen LogP contribution in [0.25, 0.3) is 0 Å². The number of nitrogens with one attached hydrogen (secondary N) is 1. The van der Waals surface area contributed by atoms with Crippen molar-refractivity contribution in [3.8, 4) is 5.88 Å². The Morgan fingerprint density at radius 2 is 2.10 bits per heavy atom. The summed E-state index contributed by atoms with van der Waals surface area (Å²) < 4.78 is 5.58. The summed E-state index contributed by atoms with van der Waals surface area (Å²) in [6.07, 6.45) is 3.62. The standard InChI is InChI=1S/C16H28N4O/c1-4-11-21-15-12-14(3)18-16(19-15)17-7-10-20-8-5-13(2)6-9-20/h12-13H,4-11H2,1-3H3,(H,17,18,19). The molecule has 0 atom stereocenters. The highest BCUT2D eigenvalue weighted by Crippen LogP contribution is 2.16. The summed E-state index contributed by atoms with van der Waals surface area (Å²) in [5.41, 5.74) is 0.936. The molecule has 1 fully saturated rings. The number of aromatic nitrogens is 2. The molecule has 1 N–H and O–H groups in total. The van der Waals surface area contributed by atoms with Crippen LogP contribution in [0.15, 0.2) is 6.07 Å². The Bertz CT molecular complexity index is 430. The third kappa shape index (κ3) is 5.50. The van der Waals surface area contributed by atoms with E-state index in [4.69, 9.17) is 4.74 Å². The maximum absolute atomic E-state index is 5.58. The van der Waals surface area contributed by atoms with E-state index in [1.54, 1.807) is 0 Å². The Morgan fingerprint density at radius 3 is 2.81 bits per heavy atom. The van der Waals surface area contributed by atoms with E-state index in [1.807, 2.05) is 13.0 Å². The average molecular weight is 292 g/mol. The number of anilines is 1. The Balaban J connectivity index is 1.78.